The third kappa shape index (κ3) is 5.61. The summed E-state index contributed by atoms with van der Waals surface area (Å²) in [7, 11) is 2.75. The lowest BCUT2D eigenvalue weighted by Crippen LogP contribution is -2.59. The maximum atomic E-state index is 13.3. The molecule has 1 amide bonds. The molecule has 0 bridgehead atoms. The van der Waals surface area contributed by atoms with Gasteiger partial charge in [0.25, 0.3) is 5.91 Å². The van der Waals surface area contributed by atoms with Crippen LogP contribution < -0.4 is 14.8 Å². The van der Waals surface area contributed by atoms with Crippen molar-refractivity contribution in [2.75, 3.05) is 26.5 Å². The van der Waals surface area contributed by atoms with Crippen molar-refractivity contribution < 1.29 is 45.0 Å². The Morgan fingerprint density at radius 2 is 1.62 bits per heavy atom. The van der Waals surface area contributed by atoms with Gasteiger partial charge in [0.05, 0.1) is 19.1 Å². The van der Waals surface area contributed by atoms with E-state index in [1.807, 2.05) is 6.92 Å². The largest absolute Gasteiger partial charge is 0.496 e. The van der Waals surface area contributed by atoms with E-state index in [4.69, 9.17) is 9.47 Å². The fourth-order valence-electron chi connectivity index (χ4n) is 2.20. The Balaban J connectivity index is 2.92. The maximum absolute atomic E-state index is 13.3. The molecule has 0 aliphatic rings. The summed E-state index contributed by atoms with van der Waals surface area (Å²) in [6, 6.07) is 3.15. The molecule has 0 heterocycles. The molecule has 0 fully saturated rings. The van der Waals surface area contributed by atoms with Crippen LogP contribution in [-0.2, 0) is 11.2 Å². The number of thioether (sulfide) groups is 1. The zero-order valence-electron chi connectivity index (χ0n) is 15.8. The zero-order valence-corrected chi connectivity index (χ0v) is 16.6. The molecule has 0 saturated carbocycles. The molecular weight excluding hydrogens is 431 g/mol. The number of hydrogen-bond donors (Lipinski definition) is 1. The van der Waals surface area contributed by atoms with E-state index in [9.17, 15) is 35.5 Å². The minimum atomic E-state index is -6.57. The molecular formula is C17H20F7NO3S. The lowest BCUT2D eigenvalue weighted by molar-refractivity contribution is -0.344. The molecule has 1 N–H and O–H groups in total. The van der Waals surface area contributed by atoms with Crippen molar-refractivity contribution >= 4 is 17.7 Å². The fourth-order valence-corrected chi connectivity index (χ4v) is 3.09. The van der Waals surface area contributed by atoms with Crippen LogP contribution in [0, 0.1) is 0 Å². The van der Waals surface area contributed by atoms with E-state index >= 15 is 0 Å². The quantitative estimate of drug-likeness (QED) is 0.414. The van der Waals surface area contributed by atoms with Gasteiger partial charge in [-0.3, -0.25) is 4.79 Å². The van der Waals surface area contributed by atoms with E-state index in [2.05, 4.69) is 0 Å². The second kappa shape index (κ2) is 9.77. The molecule has 0 atom stereocenters. The Morgan fingerprint density at radius 1 is 1.03 bits per heavy atom. The van der Waals surface area contributed by atoms with Gasteiger partial charge in [-0.1, -0.05) is 6.92 Å². The number of nitrogens with one attached hydrogen (secondary N) is 1. The summed E-state index contributed by atoms with van der Waals surface area (Å²) in [6.45, 7) is 1.36. The van der Waals surface area contributed by atoms with Gasteiger partial charge in [0.2, 0.25) is 0 Å². The third-order valence-electron chi connectivity index (χ3n) is 3.74. The highest BCUT2D eigenvalue weighted by atomic mass is 32.2. The summed E-state index contributed by atoms with van der Waals surface area (Å²) in [5.74, 6) is -13.6. The van der Waals surface area contributed by atoms with E-state index < -0.39 is 30.5 Å². The summed E-state index contributed by atoms with van der Waals surface area (Å²) in [5.41, 5.74) is 0.386. The molecule has 0 aliphatic heterocycles. The first-order chi connectivity index (χ1) is 13.3. The Morgan fingerprint density at radius 3 is 2.10 bits per heavy atom. The summed E-state index contributed by atoms with van der Waals surface area (Å²) in [5, 5.41) is 1.42. The number of amides is 1. The summed E-state index contributed by atoms with van der Waals surface area (Å²) in [4.78, 5) is 12.0. The first kappa shape index (κ1) is 25.2. The number of ether oxygens (including phenoxy) is 2. The fraction of sp³-hybridized carbons (Fsp3) is 0.588. The summed E-state index contributed by atoms with van der Waals surface area (Å²) < 4.78 is 99.3. The van der Waals surface area contributed by atoms with Crippen LogP contribution in [0.25, 0.3) is 0 Å². The van der Waals surface area contributed by atoms with Gasteiger partial charge in [0.1, 0.15) is 11.5 Å². The summed E-state index contributed by atoms with van der Waals surface area (Å²) in [6.07, 6.45) is -5.85. The van der Waals surface area contributed by atoms with Crippen LogP contribution in [0.1, 0.15) is 18.9 Å². The van der Waals surface area contributed by atoms with Crippen molar-refractivity contribution in [1.82, 2.24) is 5.32 Å². The van der Waals surface area contributed by atoms with Crippen LogP contribution in [0.5, 0.6) is 11.5 Å². The molecule has 0 radical (unpaired) electrons. The summed E-state index contributed by atoms with van der Waals surface area (Å²) >= 11 is 1.48. The number of carbonyl (C=O) groups is 1. The van der Waals surface area contributed by atoms with Gasteiger partial charge < -0.3 is 14.8 Å². The average Bonchev–Trinajstić information content (AvgIpc) is 2.64. The second-order valence-corrected chi connectivity index (χ2v) is 6.95. The Hall–Kier alpha value is -1.85. The molecule has 0 spiro atoms. The normalized spacial score (nSPS) is 12.6. The molecule has 0 aliphatic carbocycles. The van der Waals surface area contributed by atoms with Crippen molar-refractivity contribution in [2.24, 2.45) is 0 Å². The highest BCUT2D eigenvalue weighted by Crippen LogP contribution is 2.46. The van der Waals surface area contributed by atoms with Crippen LogP contribution in [0.3, 0.4) is 0 Å². The average molecular weight is 451 g/mol. The minimum Gasteiger partial charge on any atom is -0.496 e. The van der Waals surface area contributed by atoms with Crippen molar-refractivity contribution in [1.29, 1.82) is 0 Å². The van der Waals surface area contributed by atoms with Crippen molar-refractivity contribution in [3.63, 3.8) is 0 Å². The monoisotopic (exact) mass is 451 g/mol. The maximum Gasteiger partial charge on any atom is 0.460 e. The van der Waals surface area contributed by atoms with E-state index in [1.54, 1.807) is 6.07 Å². The van der Waals surface area contributed by atoms with Crippen LogP contribution in [-0.4, -0.2) is 50.4 Å². The Kier molecular flexibility index (Phi) is 8.48. The first-order valence-corrected chi connectivity index (χ1v) is 9.30. The topological polar surface area (TPSA) is 47.6 Å². The molecule has 0 aromatic heterocycles. The number of hydrogen-bond acceptors (Lipinski definition) is 4. The highest BCUT2D eigenvalue weighted by molar-refractivity contribution is 7.99. The third-order valence-corrected chi connectivity index (χ3v) is 4.99. The first-order valence-electron chi connectivity index (χ1n) is 8.31. The van der Waals surface area contributed by atoms with E-state index in [0.29, 0.717) is 17.1 Å². The number of halogens is 7. The van der Waals surface area contributed by atoms with Gasteiger partial charge in [-0.05, 0) is 36.3 Å². The lowest BCUT2D eigenvalue weighted by atomic mass is 10.1. The zero-order chi connectivity index (χ0) is 22.5. The van der Waals surface area contributed by atoms with E-state index in [0.717, 1.165) is 17.1 Å². The molecule has 0 unspecified atom stereocenters. The molecule has 4 nitrogen and oxygen atoms in total. The number of benzene rings is 1. The molecule has 12 heteroatoms. The number of methoxy groups -OCH3 is 2. The van der Waals surface area contributed by atoms with Crippen LogP contribution in [0.4, 0.5) is 30.7 Å². The SMILES string of the molecule is CCCSc1cc(OC)c(CCNC(=O)C(F)(F)C(F)(F)C(F)(F)F)cc1OC. The van der Waals surface area contributed by atoms with E-state index in [1.165, 1.54) is 37.4 Å². The van der Waals surface area contributed by atoms with Gasteiger partial charge in [0, 0.05) is 6.54 Å². The Bertz CT molecular complexity index is 711. The van der Waals surface area contributed by atoms with Gasteiger partial charge in [-0.15, -0.1) is 11.8 Å². The molecule has 1 rings (SSSR count). The molecule has 1 aromatic carbocycles. The molecule has 166 valence electrons. The van der Waals surface area contributed by atoms with Crippen molar-refractivity contribution in [3.05, 3.63) is 17.7 Å². The highest BCUT2D eigenvalue weighted by Gasteiger charge is 2.76. The van der Waals surface area contributed by atoms with Crippen LogP contribution >= 0.6 is 11.8 Å². The smallest absolute Gasteiger partial charge is 0.460 e. The predicted molar refractivity (Wildman–Crippen MR) is 93.2 cm³/mol. The standard InChI is InChI=1S/C17H20F7NO3S/c1-4-7-29-13-9-11(27-2)10(8-12(13)28-3)5-6-25-14(26)15(18,19)16(20,21)17(22,23)24/h8-9H,4-7H2,1-3H3,(H,25,26). The molecule has 29 heavy (non-hydrogen) atoms. The van der Waals surface area contributed by atoms with Crippen molar-refractivity contribution in [3.8, 4) is 11.5 Å². The number of rotatable bonds is 10. The Labute approximate surface area is 167 Å². The van der Waals surface area contributed by atoms with Crippen molar-refractivity contribution in [2.45, 2.75) is 42.7 Å². The minimum absolute atomic E-state index is 0.169. The van der Waals surface area contributed by atoms with Gasteiger partial charge in [-0.25, -0.2) is 0 Å². The molecule has 1 aromatic rings. The second-order valence-electron chi connectivity index (χ2n) is 5.82. The van der Waals surface area contributed by atoms with Crippen LogP contribution in [0.2, 0.25) is 0 Å². The lowest BCUT2D eigenvalue weighted by Gasteiger charge is -2.27. The predicted octanol–water partition coefficient (Wildman–Crippen LogP) is 4.70. The van der Waals surface area contributed by atoms with E-state index in [-0.39, 0.29) is 6.42 Å². The van der Waals surface area contributed by atoms with Gasteiger partial charge >= 0.3 is 18.0 Å². The van der Waals surface area contributed by atoms with Gasteiger partial charge in [0.15, 0.2) is 0 Å². The molecule has 0 saturated heterocycles. The van der Waals surface area contributed by atoms with Gasteiger partial charge in [-0.2, -0.15) is 30.7 Å². The van der Waals surface area contributed by atoms with Crippen LogP contribution in [0.15, 0.2) is 17.0 Å². The number of carbonyl (C=O) groups excluding carboxylic acids is 1. The number of alkyl halides is 7.